The minimum absolute atomic E-state index is 0.0187. The van der Waals surface area contributed by atoms with E-state index in [0.29, 0.717) is 6.04 Å². The fraction of sp³-hybridized carbons (Fsp3) is 0.667. The third-order valence-corrected chi connectivity index (χ3v) is 4.72. The maximum absolute atomic E-state index is 6.04. The van der Waals surface area contributed by atoms with Gasteiger partial charge in [0.25, 0.3) is 0 Å². The Morgan fingerprint density at radius 2 is 1.95 bits per heavy atom. The summed E-state index contributed by atoms with van der Waals surface area (Å²) in [4.78, 5) is 0. The number of methoxy groups -OCH3 is 1. The maximum atomic E-state index is 6.04. The van der Waals surface area contributed by atoms with Gasteiger partial charge >= 0.3 is 0 Å². The first kappa shape index (κ1) is 15.5. The third-order valence-electron chi connectivity index (χ3n) is 4.72. The van der Waals surface area contributed by atoms with Crippen LogP contribution in [0.15, 0.2) is 18.2 Å². The highest BCUT2D eigenvalue weighted by Gasteiger charge is 2.42. The average molecular weight is 275 g/mol. The molecule has 2 rings (SSSR count). The minimum atomic E-state index is -0.0187. The number of benzene rings is 1. The van der Waals surface area contributed by atoms with Crippen molar-refractivity contribution in [2.24, 2.45) is 0 Å². The van der Waals surface area contributed by atoms with Gasteiger partial charge in [-0.05, 0) is 50.8 Å². The number of rotatable bonds is 6. The molecule has 112 valence electrons. The Hall–Kier alpha value is -0.860. The first-order chi connectivity index (χ1) is 9.63. The summed E-state index contributed by atoms with van der Waals surface area (Å²) >= 11 is 0. The summed E-state index contributed by atoms with van der Waals surface area (Å²) in [6.07, 6.45) is 6.05. The Kier molecular flexibility index (Phi) is 5.22. The zero-order valence-electron chi connectivity index (χ0n) is 13.5. The molecule has 1 N–H and O–H groups in total. The van der Waals surface area contributed by atoms with Crippen LogP contribution < -0.4 is 5.32 Å². The third kappa shape index (κ3) is 3.07. The van der Waals surface area contributed by atoms with Crippen molar-refractivity contribution in [2.75, 3.05) is 13.7 Å². The van der Waals surface area contributed by atoms with Gasteiger partial charge in [-0.1, -0.05) is 43.5 Å². The van der Waals surface area contributed by atoms with E-state index in [1.54, 1.807) is 0 Å². The predicted octanol–water partition coefficient (Wildman–Crippen LogP) is 4.30. The van der Waals surface area contributed by atoms with Gasteiger partial charge in [-0.15, -0.1) is 0 Å². The van der Waals surface area contributed by atoms with Gasteiger partial charge in [0.1, 0.15) is 0 Å². The SMILES string of the molecule is CCCNC(c1ccc(C)cc1C)C1(OC)CCCC1. The molecule has 1 fully saturated rings. The molecule has 0 saturated heterocycles. The van der Waals surface area contributed by atoms with Crippen LogP contribution in [0.1, 0.15) is 61.8 Å². The van der Waals surface area contributed by atoms with E-state index in [0.717, 1.165) is 25.8 Å². The van der Waals surface area contributed by atoms with Crippen LogP contribution in [0.2, 0.25) is 0 Å². The lowest BCUT2D eigenvalue weighted by atomic mass is 9.84. The lowest BCUT2D eigenvalue weighted by Gasteiger charge is -2.38. The van der Waals surface area contributed by atoms with Gasteiger partial charge < -0.3 is 10.1 Å². The summed E-state index contributed by atoms with van der Waals surface area (Å²) in [7, 11) is 1.88. The first-order valence-corrected chi connectivity index (χ1v) is 7.98. The summed E-state index contributed by atoms with van der Waals surface area (Å²) in [6, 6.07) is 7.11. The van der Waals surface area contributed by atoms with Crippen LogP contribution in [-0.2, 0) is 4.74 Å². The summed E-state index contributed by atoms with van der Waals surface area (Å²) in [5.41, 5.74) is 4.10. The van der Waals surface area contributed by atoms with E-state index in [4.69, 9.17) is 4.74 Å². The van der Waals surface area contributed by atoms with E-state index >= 15 is 0 Å². The van der Waals surface area contributed by atoms with Crippen molar-refractivity contribution in [3.05, 3.63) is 34.9 Å². The van der Waals surface area contributed by atoms with Crippen molar-refractivity contribution in [1.29, 1.82) is 0 Å². The van der Waals surface area contributed by atoms with Gasteiger partial charge in [-0.25, -0.2) is 0 Å². The predicted molar refractivity (Wildman–Crippen MR) is 85.2 cm³/mol. The molecular weight excluding hydrogens is 246 g/mol. The van der Waals surface area contributed by atoms with Crippen LogP contribution in [0.25, 0.3) is 0 Å². The molecule has 1 aromatic carbocycles. The normalized spacial score (nSPS) is 19.2. The topological polar surface area (TPSA) is 21.3 Å². The molecule has 1 aliphatic carbocycles. The Morgan fingerprint density at radius 1 is 1.25 bits per heavy atom. The first-order valence-electron chi connectivity index (χ1n) is 7.98. The molecule has 1 unspecified atom stereocenters. The lowest BCUT2D eigenvalue weighted by molar-refractivity contribution is -0.0369. The fourth-order valence-electron chi connectivity index (χ4n) is 3.60. The molecule has 2 nitrogen and oxygen atoms in total. The highest BCUT2D eigenvalue weighted by Crippen LogP contribution is 2.43. The molecule has 2 heteroatoms. The van der Waals surface area contributed by atoms with Crippen molar-refractivity contribution in [1.82, 2.24) is 5.32 Å². The van der Waals surface area contributed by atoms with Crippen LogP contribution in [0, 0.1) is 13.8 Å². The number of aryl methyl sites for hydroxylation is 2. The smallest absolute Gasteiger partial charge is 0.0872 e. The molecule has 0 amide bonds. The van der Waals surface area contributed by atoms with Crippen molar-refractivity contribution in [3.63, 3.8) is 0 Å². The Bertz CT molecular complexity index is 435. The molecule has 1 aromatic rings. The molecule has 0 aromatic heterocycles. The molecule has 20 heavy (non-hydrogen) atoms. The van der Waals surface area contributed by atoms with E-state index in [2.05, 4.69) is 44.3 Å². The van der Waals surface area contributed by atoms with Crippen LogP contribution in [0.5, 0.6) is 0 Å². The number of ether oxygens (including phenoxy) is 1. The van der Waals surface area contributed by atoms with E-state index in [-0.39, 0.29) is 5.60 Å². The largest absolute Gasteiger partial charge is 0.376 e. The molecule has 0 bridgehead atoms. The van der Waals surface area contributed by atoms with E-state index in [1.165, 1.54) is 29.5 Å². The van der Waals surface area contributed by atoms with E-state index in [1.807, 2.05) is 7.11 Å². The molecular formula is C18H29NO. The summed E-state index contributed by atoms with van der Waals surface area (Å²) in [5.74, 6) is 0. The Morgan fingerprint density at radius 3 is 2.50 bits per heavy atom. The standard InChI is InChI=1S/C18H29NO/c1-5-12-19-17(18(20-4)10-6-7-11-18)16-9-8-14(2)13-15(16)3/h8-9,13,17,19H,5-7,10-12H2,1-4H3. The van der Waals surface area contributed by atoms with Gasteiger partial charge in [0.2, 0.25) is 0 Å². The molecule has 0 spiro atoms. The average Bonchev–Trinajstić information content (AvgIpc) is 2.91. The second-order valence-electron chi connectivity index (χ2n) is 6.22. The van der Waals surface area contributed by atoms with Gasteiger partial charge in [0.05, 0.1) is 11.6 Å². The Labute approximate surface area is 123 Å². The van der Waals surface area contributed by atoms with E-state index in [9.17, 15) is 0 Å². The van der Waals surface area contributed by atoms with Crippen LogP contribution >= 0.6 is 0 Å². The molecule has 0 heterocycles. The number of nitrogens with one attached hydrogen (secondary N) is 1. The van der Waals surface area contributed by atoms with Crippen molar-refractivity contribution in [3.8, 4) is 0 Å². The highest BCUT2D eigenvalue weighted by molar-refractivity contribution is 5.35. The van der Waals surface area contributed by atoms with Crippen LogP contribution in [-0.4, -0.2) is 19.3 Å². The van der Waals surface area contributed by atoms with Gasteiger partial charge in [0, 0.05) is 7.11 Å². The quantitative estimate of drug-likeness (QED) is 0.835. The van der Waals surface area contributed by atoms with Crippen molar-refractivity contribution in [2.45, 2.75) is 64.5 Å². The Balaban J connectivity index is 2.35. The van der Waals surface area contributed by atoms with Crippen molar-refractivity contribution < 1.29 is 4.74 Å². The lowest BCUT2D eigenvalue weighted by Crippen LogP contribution is -2.44. The second-order valence-corrected chi connectivity index (χ2v) is 6.22. The maximum Gasteiger partial charge on any atom is 0.0872 e. The molecule has 0 radical (unpaired) electrons. The van der Waals surface area contributed by atoms with Gasteiger partial charge in [0.15, 0.2) is 0 Å². The van der Waals surface area contributed by atoms with Crippen molar-refractivity contribution >= 4 is 0 Å². The monoisotopic (exact) mass is 275 g/mol. The van der Waals surface area contributed by atoms with Gasteiger partial charge in [-0.3, -0.25) is 0 Å². The highest BCUT2D eigenvalue weighted by atomic mass is 16.5. The summed E-state index contributed by atoms with van der Waals surface area (Å²) in [6.45, 7) is 7.65. The van der Waals surface area contributed by atoms with Crippen LogP contribution in [0.3, 0.4) is 0 Å². The number of hydrogen-bond donors (Lipinski definition) is 1. The minimum Gasteiger partial charge on any atom is -0.376 e. The summed E-state index contributed by atoms with van der Waals surface area (Å²) < 4.78 is 6.04. The van der Waals surface area contributed by atoms with E-state index < -0.39 is 0 Å². The molecule has 1 atom stereocenters. The zero-order valence-corrected chi connectivity index (χ0v) is 13.5. The molecule has 1 aliphatic rings. The summed E-state index contributed by atoms with van der Waals surface area (Å²) in [5, 5.41) is 3.75. The second kappa shape index (κ2) is 6.73. The fourth-order valence-corrected chi connectivity index (χ4v) is 3.60. The number of hydrogen-bond acceptors (Lipinski definition) is 2. The van der Waals surface area contributed by atoms with Gasteiger partial charge in [-0.2, -0.15) is 0 Å². The molecule has 1 saturated carbocycles. The zero-order chi connectivity index (χ0) is 14.6. The molecule has 0 aliphatic heterocycles. The van der Waals surface area contributed by atoms with Crippen LogP contribution in [0.4, 0.5) is 0 Å².